The summed E-state index contributed by atoms with van der Waals surface area (Å²) in [5, 5.41) is 10.9. The van der Waals surface area contributed by atoms with Crippen LogP contribution in [-0.2, 0) is 10.4 Å². The van der Waals surface area contributed by atoms with Gasteiger partial charge in [0.1, 0.15) is 17.7 Å². The molecule has 0 radical (unpaired) electrons. The summed E-state index contributed by atoms with van der Waals surface area (Å²) in [6.07, 6.45) is -5.64. The highest BCUT2D eigenvalue weighted by atomic mass is 35.5. The van der Waals surface area contributed by atoms with Crippen molar-refractivity contribution in [2.24, 2.45) is 5.92 Å². The Kier molecular flexibility index (Phi) is 10.3. The summed E-state index contributed by atoms with van der Waals surface area (Å²) in [5.74, 6) is -1.67. The zero-order chi connectivity index (χ0) is 29.7. The minimum absolute atomic E-state index is 0.0653. The predicted octanol–water partition coefficient (Wildman–Crippen LogP) is 5.24. The molecule has 1 heterocycles. The average molecular weight is 589 g/mol. The van der Waals surface area contributed by atoms with E-state index in [1.807, 2.05) is 0 Å². The van der Waals surface area contributed by atoms with Crippen molar-refractivity contribution < 1.29 is 41.7 Å². The standard InChI is InChI=1S/C28H33ClF4N2O5/c1-34(2)25(36)22-10-9-21(17-23(22)29)40-15-5-8-24(30)18-11-13-35(14-12-18)26(37)27(38,28(31,32)33)19-6-4-7-20(16-19)39-3/h4,6-7,9-10,16-18,24,38H,5,8,11-15H2,1-3H3/t24?,27-/m1/s1. The summed E-state index contributed by atoms with van der Waals surface area (Å²) in [4.78, 5) is 27.4. The number of carbonyl (C=O) groups excluding carboxylic acids is 2. The number of halogens is 5. The van der Waals surface area contributed by atoms with Gasteiger partial charge in [-0.05, 0) is 61.9 Å². The van der Waals surface area contributed by atoms with Crippen molar-refractivity contribution in [2.75, 3.05) is 40.9 Å². The topological polar surface area (TPSA) is 79.3 Å². The van der Waals surface area contributed by atoms with Crippen LogP contribution in [0, 0.1) is 5.92 Å². The molecule has 220 valence electrons. The van der Waals surface area contributed by atoms with Crippen LogP contribution in [0.4, 0.5) is 17.6 Å². The third-order valence-electron chi connectivity index (χ3n) is 7.02. The Labute approximate surface area is 235 Å². The maximum atomic E-state index is 14.9. The normalized spacial score (nSPS) is 16.7. The van der Waals surface area contributed by atoms with Gasteiger partial charge in [-0.3, -0.25) is 9.59 Å². The molecule has 0 aromatic heterocycles. The lowest BCUT2D eigenvalue weighted by atomic mass is 9.87. The largest absolute Gasteiger partial charge is 0.497 e. The molecule has 12 heteroatoms. The van der Waals surface area contributed by atoms with Gasteiger partial charge in [-0.25, -0.2) is 4.39 Å². The number of hydrogen-bond donors (Lipinski definition) is 1. The molecule has 1 unspecified atom stereocenters. The van der Waals surface area contributed by atoms with Gasteiger partial charge in [0.2, 0.25) is 0 Å². The van der Waals surface area contributed by atoms with E-state index in [0.29, 0.717) is 17.7 Å². The summed E-state index contributed by atoms with van der Waals surface area (Å²) < 4.78 is 67.5. The Morgan fingerprint density at radius 1 is 1.12 bits per heavy atom. The highest BCUT2D eigenvalue weighted by Gasteiger charge is 2.62. The number of nitrogens with zero attached hydrogens (tertiary/aromatic N) is 2. The smallest absolute Gasteiger partial charge is 0.430 e. The molecular formula is C28H33ClF4N2O5. The van der Waals surface area contributed by atoms with Crippen molar-refractivity contribution in [1.82, 2.24) is 9.80 Å². The van der Waals surface area contributed by atoms with Crippen LogP contribution >= 0.6 is 11.6 Å². The number of ether oxygens (including phenoxy) is 2. The average Bonchev–Trinajstić information content (AvgIpc) is 2.93. The lowest BCUT2D eigenvalue weighted by Crippen LogP contribution is -2.57. The minimum atomic E-state index is -5.28. The molecule has 2 aromatic rings. The van der Waals surface area contributed by atoms with Gasteiger partial charge in [-0.1, -0.05) is 23.7 Å². The van der Waals surface area contributed by atoms with Crippen molar-refractivity contribution in [1.29, 1.82) is 0 Å². The zero-order valence-corrected chi connectivity index (χ0v) is 23.3. The van der Waals surface area contributed by atoms with E-state index in [1.54, 1.807) is 26.2 Å². The van der Waals surface area contributed by atoms with Crippen LogP contribution in [-0.4, -0.2) is 80.0 Å². The molecule has 0 spiro atoms. The van der Waals surface area contributed by atoms with E-state index >= 15 is 0 Å². The first kappa shape index (κ1) is 31.5. The minimum Gasteiger partial charge on any atom is -0.497 e. The van der Waals surface area contributed by atoms with Gasteiger partial charge >= 0.3 is 6.18 Å². The van der Waals surface area contributed by atoms with Crippen LogP contribution in [0.25, 0.3) is 0 Å². The predicted molar refractivity (Wildman–Crippen MR) is 141 cm³/mol. The summed E-state index contributed by atoms with van der Waals surface area (Å²) in [5.41, 5.74) is -4.05. The molecule has 2 amide bonds. The van der Waals surface area contributed by atoms with Crippen molar-refractivity contribution >= 4 is 23.4 Å². The number of likely N-dealkylation sites (tertiary alicyclic amines) is 1. The molecule has 1 aliphatic rings. The number of benzene rings is 2. The van der Waals surface area contributed by atoms with Gasteiger partial charge in [-0.15, -0.1) is 0 Å². The number of methoxy groups -OCH3 is 1. The molecule has 1 aliphatic heterocycles. The molecule has 1 fully saturated rings. The van der Waals surface area contributed by atoms with E-state index in [9.17, 15) is 32.3 Å². The molecule has 2 aromatic carbocycles. The fourth-order valence-electron chi connectivity index (χ4n) is 4.65. The van der Waals surface area contributed by atoms with E-state index in [0.717, 1.165) is 17.0 Å². The number of amides is 2. The van der Waals surface area contributed by atoms with Crippen molar-refractivity contribution in [2.45, 2.75) is 43.6 Å². The van der Waals surface area contributed by atoms with Crippen LogP contribution in [0.1, 0.15) is 41.6 Å². The quantitative estimate of drug-likeness (QED) is 0.304. The Balaban J connectivity index is 1.52. The second kappa shape index (κ2) is 13.1. The van der Waals surface area contributed by atoms with E-state index in [-0.39, 0.29) is 55.6 Å². The molecule has 1 saturated heterocycles. The van der Waals surface area contributed by atoms with Gasteiger partial charge < -0.3 is 24.4 Å². The molecule has 2 atom stereocenters. The zero-order valence-electron chi connectivity index (χ0n) is 22.5. The van der Waals surface area contributed by atoms with E-state index in [2.05, 4.69) is 0 Å². The molecule has 1 N–H and O–H groups in total. The third-order valence-corrected chi connectivity index (χ3v) is 7.33. The highest BCUT2D eigenvalue weighted by molar-refractivity contribution is 6.34. The first-order valence-electron chi connectivity index (χ1n) is 12.8. The number of hydrogen-bond acceptors (Lipinski definition) is 5. The maximum absolute atomic E-state index is 14.9. The Morgan fingerprint density at radius 3 is 2.38 bits per heavy atom. The van der Waals surface area contributed by atoms with Gasteiger partial charge in [0.15, 0.2) is 0 Å². The number of aliphatic hydroxyl groups is 1. The lowest BCUT2D eigenvalue weighted by Gasteiger charge is -2.39. The second-order valence-electron chi connectivity index (χ2n) is 9.92. The Hall–Kier alpha value is -3.05. The second-order valence-corrected chi connectivity index (χ2v) is 10.3. The van der Waals surface area contributed by atoms with E-state index in [4.69, 9.17) is 21.1 Å². The number of rotatable bonds is 10. The van der Waals surface area contributed by atoms with Gasteiger partial charge in [-0.2, -0.15) is 13.2 Å². The van der Waals surface area contributed by atoms with Crippen LogP contribution in [0.15, 0.2) is 42.5 Å². The van der Waals surface area contributed by atoms with Crippen molar-refractivity contribution in [3.05, 3.63) is 58.6 Å². The van der Waals surface area contributed by atoms with Crippen molar-refractivity contribution in [3.8, 4) is 11.5 Å². The van der Waals surface area contributed by atoms with Gasteiger partial charge in [0.25, 0.3) is 17.4 Å². The molecule has 0 aliphatic carbocycles. The first-order chi connectivity index (χ1) is 18.8. The van der Waals surface area contributed by atoms with E-state index < -0.39 is 35.3 Å². The summed E-state index contributed by atoms with van der Waals surface area (Å²) >= 11 is 6.17. The molecule has 3 rings (SSSR count). The number of alkyl halides is 4. The Bertz CT molecular complexity index is 1190. The molecule has 40 heavy (non-hydrogen) atoms. The number of carbonyl (C=O) groups is 2. The Morgan fingerprint density at radius 2 is 1.80 bits per heavy atom. The summed E-state index contributed by atoms with van der Waals surface area (Å²) in [6, 6.07) is 9.34. The van der Waals surface area contributed by atoms with Gasteiger partial charge in [0.05, 0.1) is 24.3 Å². The van der Waals surface area contributed by atoms with E-state index in [1.165, 1.54) is 30.2 Å². The van der Waals surface area contributed by atoms with Crippen LogP contribution in [0.3, 0.4) is 0 Å². The van der Waals surface area contributed by atoms with Crippen LogP contribution in [0.5, 0.6) is 11.5 Å². The summed E-state index contributed by atoms with van der Waals surface area (Å²) in [6.45, 7) is -0.0210. The fourth-order valence-corrected chi connectivity index (χ4v) is 4.90. The summed E-state index contributed by atoms with van der Waals surface area (Å²) in [7, 11) is 4.49. The lowest BCUT2D eigenvalue weighted by molar-refractivity contribution is -0.262. The van der Waals surface area contributed by atoms with Gasteiger partial charge in [0, 0.05) is 32.7 Å². The number of piperidine rings is 1. The maximum Gasteiger partial charge on any atom is 0.430 e. The van der Waals surface area contributed by atoms with Crippen molar-refractivity contribution in [3.63, 3.8) is 0 Å². The molecule has 7 nitrogen and oxygen atoms in total. The van der Waals surface area contributed by atoms with Crippen LogP contribution in [0.2, 0.25) is 5.02 Å². The monoisotopic (exact) mass is 588 g/mol. The third kappa shape index (κ3) is 6.98. The fraction of sp³-hybridized carbons (Fsp3) is 0.500. The molecule has 0 saturated carbocycles. The van der Waals surface area contributed by atoms with Crippen LogP contribution < -0.4 is 9.47 Å². The molecule has 0 bridgehead atoms. The molecular weight excluding hydrogens is 556 g/mol. The highest BCUT2D eigenvalue weighted by Crippen LogP contribution is 2.42. The SMILES string of the molecule is COc1cccc([C@@](O)(C(=O)N2CCC(C(F)CCCOc3ccc(C(=O)N(C)C)c(Cl)c3)CC2)C(F)(F)F)c1. The first-order valence-corrected chi connectivity index (χ1v) is 13.2.